The maximum Gasteiger partial charge on any atom is 0.311 e. The van der Waals surface area contributed by atoms with Crippen LogP contribution < -0.4 is 4.74 Å². The predicted molar refractivity (Wildman–Crippen MR) is 105 cm³/mol. The van der Waals surface area contributed by atoms with Gasteiger partial charge in [-0.2, -0.15) is 5.11 Å². The van der Waals surface area contributed by atoms with Gasteiger partial charge in [-0.3, -0.25) is 0 Å². The molecule has 0 aliphatic rings. The number of aromatic hydroxyl groups is 1. The van der Waals surface area contributed by atoms with E-state index in [1.165, 1.54) is 0 Å². The molecule has 0 spiro atoms. The van der Waals surface area contributed by atoms with Gasteiger partial charge in [0.25, 0.3) is 0 Å². The largest absolute Gasteiger partial charge is 0.497 e. The maximum atomic E-state index is 10.1. The quantitative estimate of drug-likeness (QED) is 0.421. The SMILES string of the molecule is COc1ccc2cc(-c3cc(N=Nc4ccc(C)cc4)c(O)o3)ccc2c1. The van der Waals surface area contributed by atoms with Crippen molar-refractivity contribution in [3.05, 3.63) is 72.3 Å². The Morgan fingerprint density at radius 1 is 0.852 bits per heavy atom. The summed E-state index contributed by atoms with van der Waals surface area (Å²) in [7, 11) is 1.65. The van der Waals surface area contributed by atoms with Crippen LogP contribution in [0, 0.1) is 6.92 Å². The van der Waals surface area contributed by atoms with Gasteiger partial charge in [-0.05, 0) is 48.0 Å². The molecule has 0 bridgehead atoms. The first-order valence-electron chi connectivity index (χ1n) is 8.52. The minimum atomic E-state index is -0.254. The van der Waals surface area contributed by atoms with Gasteiger partial charge in [0.15, 0.2) is 5.69 Å². The molecule has 1 aromatic heterocycles. The molecule has 0 saturated carbocycles. The van der Waals surface area contributed by atoms with E-state index in [9.17, 15) is 5.11 Å². The van der Waals surface area contributed by atoms with Crippen molar-refractivity contribution < 1.29 is 14.3 Å². The van der Waals surface area contributed by atoms with Crippen LogP contribution in [-0.4, -0.2) is 12.2 Å². The number of nitrogens with zero attached hydrogens (tertiary/aromatic N) is 2. The number of benzene rings is 3. The lowest BCUT2D eigenvalue weighted by atomic mass is 10.1. The summed E-state index contributed by atoms with van der Waals surface area (Å²) in [5.41, 5.74) is 3.00. The first kappa shape index (κ1) is 16.8. The van der Waals surface area contributed by atoms with E-state index < -0.39 is 0 Å². The number of aryl methyl sites for hydroxylation is 1. The van der Waals surface area contributed by atoms with Crippen molar-refractivity contribution in [2.45, 2.75) is 6.92 Å². The Hall–Kier alpha value is -3.60. The Labute approximate surface area is 156 Å². The van der Waals surface area contributed by atoms with E-state index in [4.69, 9.17) is 9.15 Å². The highest BCUT2D eigenvalue weighted by Gasteiger charge is 2.12. The monoisotopic (exact) mass is 358 g/mol. The highest BCUT2D eigenvalue weighted by molar-refractivity contribution is 5.88. The number of ether oxygens (including phenoxy) is 1. The van der Waals surface area contributed by atoms with Gasteiger partial charge in [0.1, 0.15) is 11.5 Å². The fraction of sp³-hybridized carbons (Fsp3) is 0.0909. The summed E-state index contributed by atoms with van der Waals surface area (Å²) in [6.45, 7) is 2.01. The first-order chi connectivity index (χ1) is 13.1. The van der Waals surface area contributed by atoms with Crippen molar-refractivity contribution in [3.63, 3.8) is 0 Å². The first-order valence-corrected chi connectivity index (χ1v) is 8.52. The molecule has 0 aliphatic heterocycles. The second-order valence-electron chi connectivity index (χ2n) is 6.26. The van der Waals surface area contributed by atoms with E-state index in [2.05, 4.69) is 10.2 Å². The molecule has 27 heavy (non-hydrogen) atoms. The van der Waals surface area contributed by atoms with E-state index in [0.29, 0.717) is 17.1 Å². The van der Waals surface area contributed by atoms with E-state index in [1.54, 1.807) is 13.2 Å². The van der Waals surface area contributed by atoms with Gasteiger partial charge in [0.05, 0.1) is 12.8 Å². The van der Waals surface area contributed by atoms with Crippen molar-refractivity contribution in [3.8, 4) is 23.0 Å². The summed E-state index contributed by atoms with van der Waals surface area (Å²) in [6.07, 6.45) is 0. The summed E-state index contributed by atoms with van der Waals surface area (Å²) >= 11 is 0. The van der Waals surface area contributed by atoms with Crippen LogP contribution in [0.5, 0.6) is 11.7 Å². The Morgan fingerprint density at radius 3 is 2.37 bits per heavy atom. The second-order valence-corrected chi connectivity index (χ2v) is 6.26. The second kappa shape index (κ2) is 6.96. The van der Waals surface area contributed by atoms with Crippen molar-refractivity contribution in [1.82, 2.24) is 0 Å². The van der Waals surface area contributed by atoms with Gasteiger partial charge in [0.2, 0.25) is 0 Å². The van der Waals surface area contributed by atoms with Crippen LogP contribution in [0.15, 0.2) is 81.4 Å². The molecule has 0 radical (unpaired) electrons. The van der Waals surface area contributed by atoms with E-state index >= 15 is 0 Å². The summed E-state index contributed by atoms with van der Waals surface area (Å²) in [6, 6.07) is 21.1. The predicted octanol–water partition coefficient (Wildman–Crippen LogP) is 6.54. The van der Waals surface area contributed by atoms with Crippen LogP contribution in [0.1, 0.15) is 5.56 Å². The number of rotatable bonds is 4. The molecule has 1 N–H and O–H groups in total. The number of hydrogen-bond acceptors (Lipinski definition) is 5. The molecule has 0 fully saturated rings. The summed E-state index contributed by atoms with van der Waals surface area (Å²) < 4.78 is 10.7. The number of furan rings is 1. The highest BCUT2D eigenvalue weighted by Crippen LogP contribution is 2.37. The highest BCUT2D eigenvalue weighted by atomic mass is 16.5. The molecular formula is C22H18N2O3. The molecule has 3 aromatic carbocycles. The van der Waals surface area contributed by atoms with Crippen molar-refractivity contribution in [2.24, 2.45) is 10.2 Å². The Balaban J connectivity index is 1.64. The van der Waals surface area contributed by atoms with Crippen LogP contribution in [0.3, 0.4) is 0 Å². The zero-order valence-corrected chi connectivity index (χ0v) is 15.0. The average molecular weight is 358 g/mol. The summed E-state index contributed by atoms with van der Waals surface area (Å²) in [5.74, 6) is 1.09. The van der Waals surface area contributed by atoms with Crippen LogP contribution >= 0.6 is 0 Å². The molecule has 0 atom stereocenters. The molecule has 5 nitrogen and oxygen atoms in total. The Morgan fingerprint density at radius 2 is 1.59 bits per heavy atom. The fourth-order valence-corrected chi connectivity index (χ4v) is 2.81. The average Bonchev–Trinajstić information content (AvgIpc) is 3.07. The zero-order chi connectivity index (χ0) is 18.8. The standard InChI is InChI=1S/C22H18N2O3/c1-14-3-8-18(9-4-14)23-24-20-13-21(27-22(20)25)17-6-5-16-12-19(26-2)10-7-15(16)11-17/h3-13,25H,1-2H3. The molecule has 0 amide bonds. The topological polar surface area (TPSA) is 67.3 Å². The maximum absolute atomic E-state index is 10.1. The Kier molecular flexibility index (Phi) is 4.34. The van der Waals surface area contributed by atoms with E-state index in [0.717, 1.165) is 27.6 Å². The fourth-order valence-electron chi connectivity index (χ4n) is 2.81. The summed E-state index contributed by atoms with van der Waals surface area (Å²) in [4.78, 5) is 0. The van der Waals surface area contributed by atoms with Crippen molar-refractivity contribution in [2.75, 3.05) is 7.11 Å². The number of methoxy groups -OCH3 is 1. The minimum absolute atomic E-state index is 0.254. The third-order valence-electron chi connectivity index (χ3n) is 4.33. The molecule has 0 saturated heterocycles. The van der Waals surface area contributed by atoms with Crippen molar-refractivity contribution >= 4 is 22.1 Å². The number of azo groups is 1. The summed E-state index contributed by atoms with van der Waals surface area (Å²) in [5, 5.41) is 20.4. The molecule has 0 aliphatic carbocycles. The lowest BCUT2D eigenvalue weighted by molar-refractivity contribution is 0.339. The van der Waals surface area contributed by atoms with Gasteiger partial charge in [-0.1, -0.05) is 35.9 Å². The van der Waals surface area contributed by atoms with Crippen LogP contribution in [0.25, 0.3) is 22.1 Å². The van der Waals surface area contributed by atoms with Crippen molar-refractivity contribution in [1.29, 1.82) is 0 Å². The molecule has 134 valence electrons. The zero-order valence-electron chi connectivity index (χ0n) is 15.0. The van der Waals surface area contributed by atoms with Gasteiger partial charge >= 0.3 is 5.95 Å². The lowest BCUT2D eigenvalue weighted by Crippen LogP contribution is -1.82. The van der Waals surface area contributed by atoms with Gasteiger partial charge in [0, 0.05) is 11.6 Å². The normalized spacial score (nSPS) is 11.3. The molecule has 0 unspecified atom stereocenters. The third-order valence-corrected chi connectivity index (χ3v) is 4.33. The minimum Gasteiger partial charge on any atom is -0.497 e. The molecule has 4 rings (SSSR count). The molecule has 5 heteroatoms. The smallest absolute Gasteiger partial charge is 0.311 e. The number of hydrogen-bond donors (Lipinski definition) is 1. The molecular weight excluding hydrogens is 340 g/mol. The van der Waals surface area contributed by atoms with E-state index in [1.807, 2.05) is 67.6 Å². The molecule has 1 heterocycles. The van der Waals surface area contributed by atoms with Crippen LogP contribution in [-0.2, 0) is 0 Å². The third kappa shape index (κ3) is 3.53. The van der Waals surface area contributed by atoms with Crippen LogP contribution in [0.4, 0.5) is 11.4 Å². The van der Waals surface area contributed by atoms with Gasteiger partial charge in [-0.15, -0.1) is 5.11 Å². The van der Waals surface area contributed by atoms with Gasteiger partial charge < -0.3 is 14.3 Å². The Bertz CT molecular complexity index is 1130. The lowest BCUT2D eigenvalue weighted by Gasteiger charge is -2.04. The van der Waals surface area contributed by atoms with Gasteiger partial charge in [-0.25, -0.2) is 0 Å². The number of fused-ring (bicyclic) bond motifs is 1. The van der Waals surface area contributed by atoms with Crippen LogP contribution in [0.2, 0.25) is 0 Å². The molecule has 4 aromatic rings. The van der Waals surface area contributed by atoms with E-state index in [-0.39, 0.29) is 5.95 Å².